The molecule has 0 aromatic heterocycles. The van der Waals surface area contributed by atoms with Crippen LogP contribution in [0, 0.1) is 0 Å². The molecule has 1 atom stereocenters. The van der Waals surface area contributed by atoms with E-state index < -0.39 is 5.72 Å². The molecule has 1 unspecified atom stereocenters. The maximum absolute atomic E-state index is 7.22. The molecule has 0 aliphatic carbocycles. The number of rotatable bonds is 4. The highest BCUT2D eigenvalue weighted by Gasteiger charge is 2.62. The van der Waals surface area contributed by atoms with Crippen molar-refractivity contribution in [1.29, 1.82) is 0 Å². The van der Waals surface area contributed by atoms with Gasteiger partial charge >= 0.3 is 0 Å². The van der Waals surface area contributed by atoms with Gasteiger partial charge in [-0.1, -0.05) is 75.4 Å². The zero-order chi connectivity index (χ0) is 23.5. The molecule has 0 amide bonds. The van der Waals surface area contributed by atoms with Gasteiger partial charge in [-0.3, -0.25) is 0 Å². The minimum absolute atomic E-state index is 0.144. The van der Waals surface area contributed by atoms with Crippen LogP contribution in [0.15, 0.2) is 72.8 Å². The highest BCUT2D eigenvalue weighted by molar-refractivity contribution is 5.97. The first-order valence-corrected chi connectivity index (χ1v) is 12.9. The number of hydrogen-bond donors (Lipinski definition) is 0. The summed E-state index contributed by atoms with van der Waals surface area (Å²) in [6, 6.07) is 24.7. The molecule has 172 valence electrons. The zero-order valence-corrected chi connectivity index (χ0v) is 20.7. The molecule has 0 saturated heterocycles. The molecule has 0 bridgehead atoms. The Labute approximate surface area is 202 Å². The normalized spacial score (nSPS) is 20.1. The molecule has 1 spiro atoms. The smallest absolute Gasteiger partial charge is 0.212 e. The van der Waals surface area contributed by atoms with Crippen molar-refractivity contribution in [2.45, 2.75) is 58.1 Å². The lowest BCUT2D eigenvalue weighted by atomic mass is 9.68. The van der Waals surface area contributed by atoms with Gasteiger partial charge in [-0.2, -0.15) is 0 Å². The SMILES string of the molecule is CCc1ccc2c3c(ccc2c1)OC1(C=C3)N(CC)c2ccc3ccccc3c2C1(CC)CC. The number of likely N-dealkylation sites (N-methyl/N-ethyl adjacent to an activating group) is 1. The van der Waals surface area contributed by atoms with Crippen molar-refractivity contribution < 1.29 is 4.74 Å². The maximum Gasteiger partial charge on any atom is 0.212 e. The van der Waals surface area contributed by atoms with Crippen molar-refractivity contribution in [3.8, 4) is 5.75 Å². The topological polar surface area (TPSA) is 12.5 Å². The van der Waals surface area contributed by atoms with Crippen LogP contribution in [0.2, 0.25) is 0 Å². The zero-order valence-electron chi connectivity index (χ0n) is 20.7. The van der Waals surface area contributed by atoms with Gasteiger partial charge in [0.2, 0.25) is 5.72 Å². The van der Waals surface area contributed by atoms with E-state index in [1.165, 1.54) is 43.9 Å². The van der Waals surface area contributed by atoms with E-state index in [4.69, 9.17) is 4.74 Å². The van der Waals surface area contributed by atoms with Gasteiger partial charge in [0.05, 0.1) is 5.41 Å². The van der Waals surface area contributed by atoms with Crippen LogP contribution in [0.5, 0.6) is 5.75 Å². The van der Waals surface area contributed by atoms with E-state index in [1.54, 1.807) is 0 Å². The van der Waals surface area contributed by atoms with E-state index in [-0.39, 0.29) is 5.41 Å². The summed E-state index contributed by atoms with van der Waals surface area (Å²) in [5, 5.41) is 5.21. The van der Waals surface area contributed by atoms with Crippen molar-refractivity contribution in [3.05, 3.63) is 89.5 Å². The second kappa shape index (κ2) is 7.63. The van der Waals surface area contributed by atoms with Gasteiger partial charge in [-0.25, -0.2) is 0 Å². The third kappa shape index (κ3) is 2.57. The minimum Gasteiger partial charge on any atom is -0.463 e. The first kappa shape index (κ1) is 21.3. The molecule has 0 radical (unpaired) electrons. The van der Waals surface area contributed by atoms with Crippen molar-refractivity contribution in [1.82, 2.24) is 0 Å². The summed E-state index contributed by atoms with van der Waals surface area (Å²) in [6.07, 6.45) is 7.77. The molecule has 0 fully saturated rings. The fourth-order valence-electron chi connectivity index (χ4n) is 6.78. The molecule has 2 heteroatoms. The monoisotopic (exact) mass is 447 g/mol. The predicted molar refractivity (Wildman–Crippen MR) is 145 cm³/mol. The molecular formula is C32H33NO. The van der Waals surface area contributed by atoms with E-state index in [9.17, 15) is 0 Å². The Bertz CT molecular complexity index is 1440. The van der Waals surface area contributed by atoms with Gasteiger partial charge in [-0.15, -0.1) is 0 Å². The molecule has 2 aliphatic heterocycles. The number of hydrogen-bond acceptors (Lipinski definition) is 2. The summed E-state index contributed by atoms with van der Waals surface area (Å²) in [7, 11) is 0. The van der Waals surface area contributed by atoms with Gasteiger partial charge in [0.15, 0.2) is 0 Å². The second-order valence-corrected chi connectivity index (χ2v) is 9.73. The van der Waals surface area contributed by atoms with Gasteiger partial charge in [0.25, 0.3) is 0 Å². The molecule has 0 N–H and O–H groups in total. The molecule has 2 nitrogen and oxygen atoms in total. The van der Waals surface area contributed by atoms with Crippen LogP contribution in [0.4, 0.5) is 5.69 Å². The lowest BCUT2D eigenvalue weighted by molar-refractivity contribution is 0.0321. The summed E-state index contributed by atoms with van der Waals surface area (Å²) < 4.78 is 7.22. The largest absolute Gasteiger partial charge is 0.463 e. The number of nitrogens with zero attached hydrogens (tertiary/aromatic N) is 1. The van der Waals surface area contributed by atoms with E-state index in [0.29, 0.717) is 0 Å². The Morgan fingerprint density at radius 1 is 0.794 bits per heavy atom. The van der Waals surface area contributed by atoms with Gasteiger partial charge in [0.1, 0.15) is 5.75 Å². The van der Waals surface area contributed by atoms with Gasteiger partial charge < -0.3 is 9.64 Å². The Hall–Kier alpha value is -3.26. The molecule has 6 rings (SSSR count). The van der Waals surface area contributed by atoms with E-state index >= 15 is 0 Å². The number of ether oxygens (including phenoxy) is 1. The quantitative estimate of drug-likeness (QED) is 0.312. The van der Waals surface area contributed by atoms with Crippen molar-refractivity contribution in [3.63, 3.8) is 0 Å². The highest BCUT2D eigenvalue weighted by Crippen LogP contribution is 2.60. The van der Waals surface area contributed by atoms with E-state index in [2.05, 4.69) is 111 Å². The average molecular weight is 448 g/mol. The third-order valence-corrected chi connectivity index (χ3v) is 8.52. The van der Waals surface area contributed by atoms with Gasteiger partial charge in [0, 0.05) is 17.8 Å². The van der Waals surface area contributed by atoms with Crippen molar-refractivity contribution in [2.24, 2.45) is 0 Å². The molecule has 2 heterocycles. The second-order valence-electron chi connectivity index (χ2n) is 9.73. The molecule has 2 aliphatic rings. The summed E-state index contributed by atoms with van der Waals surface area (Å²) in [5.74, 6) is 0.987. The third-order valence-electron chi connectivity index (χ3n) is 8.52. The van der Waals surface area contributed by atoms with Crippen LogP contribution >= 0.6 is 0 Å². The summed E-state index contributed by atoms with van der Waals surface area (Å²) in [6.45, 7) is 10.0. The molecule has 34 heavy (non-hydrogen) atoms. The Balaban J connectivity index is 1.60. The number of fused-ring (bicyclic) bond motifs is 6. The fourth-order valence-corrected chi connectivity index (χ4v) is 6.78. The van der Waals surface area contributed by atoms with Crippen molar-refractivity contribution >= 4 is 33.3 Å². The Morgan fingerprint density at radius 2 is 1.59 bits per heavy atom. The van der Waals surface area contributed by atoms with Crippen LogP contribution in [0.3, 0.4) is 0 Å². The lowest BCUT2D eigenvalue weighted by Crippen LogP contribution is -2.61. The molecule has 4 aromatic rings. The van der Waals surface area contributed by atoms with Crippen LogP contribution < -0.4 is 9.64 Å². The molecular weight excluding hydrogens is 414 g/mol. The lowest BCUT2D eigenvalue weighted by Gasteiger charge is -2.49. The predicted octanol–water partition coefficient (Wildman–Crippen LogP) is 8.26. The van der Waals surface area contributed by atoms with E-state index in [0.717, 1.165) is 31.6 Å². The molecule has 4 aromatic carbocycles. The first-order chi connectivity index (χ1) is 16.6. The van der Waals surface area contributed by atoms with E-state index in [1.807, 2.05) is 0 Å². The highest BCUT2D eigenvalue weighted by atomic mass is 16.5. The number of benzene rings is 4. The number of aryl methyl sites for hydroxylation is 1. The summed E-state index contributed by atoms with van der Waals surface area (Å²) in [4.78, 5) is 2.51. The van der Waals surface area contributed by atoms with Gasteiger partial charge in [-0.05, 0) is 83.1 Å². The Kier molecular flexibility index (Phi) is 4.78. The summed E-state index contributed by atoms with van der Waals surface area (Å²) in [5.41, 5.74) is 4.64. The summed E-state index contributed by atoms with van der Waals surface area (Å²) >= 11 is 0. The molecule has 0 saturated carbocycles. The van der Waals surface area contributed by atoms with Crippen LogP contribution in [-0.2, 0) is 11.8 Å². The van der Waals surface area contributed by atoms with Crippen molar-refractivity contribution in [2.75, 3.05) is 11.4 Å². The number of anilines is 1. The fraction of sp³-hybridized carbons (Fsp3) is 0.312. The van der Waals surface area contributed by atoms with Crippen LogP contribution in [-0.4, -0.2) is 12.3 Å². The van der Waals surface area contributed by atoms with Crippen LogP contribution in [0.25, 0.3) is 27.6 Å². The maximum atomic E-state index is 7.22. The van der Waals surface area contributed by atoms with Crippen LogP contribution in [0.1, 0.15) is 57.2 Å². The Morgan fingerprint density at radius 3 is 2.35 bits per heavy atom. The standard InChI is InChI=1S/C32H33NO/c1-5-22-13-16-25-24(21-22)15-18-29-27(25)19-20-32(34-29)31(6-2,7-3)30-26-12-10-9-11-23(26)14-17-28(30)33(32)8-4/h9-21H,5-8H2,1-4H3. The minimum atomic E-state index is -0.540. The average Bonchev–Trinajstić information content (AvgIpc) is 3.12. The first-order valence-electron chi connectivity index (χ1n) is 12.9.